The van der Waals surface area contributed by atoms with Crippen LogP contribution < -0.4 is 9.47 Å². The van der Waals surface area contributed by atoms with Crippen molar-refractivity contribution in [3.8, 4) is 11.5 Å². The van der Waals surface area contributed by atoms with Crippen LogP contribution in [-0.2, 0) is 0 Å². The van der Waals surface area contributed by atoms with Gasteiger partial charge < -0.3 is 19.3 Å². The van der Waals surface area contributed by atoms with Crippen molar-refractivity contribution in [2.24, 2.45) is 0 Å². The van der Waals surface area contributed by atoms with Gasteiger partial charge in [-0.15, -0.1) is 0 Å². The summed E-state index contributed by atoms with van der Waals surface area (Å²) in [6.07, 6.45) is 0.724. The fourth-order valence-corrected chi connectivity index (χ4v) is 3.97. The summed E-state index contributed by atoms with van der Waals surface area (Å²) in [5, 5.41) is 0.372. The molecule has 152 valence electrons. The Hall–Kier alpha value is -2.73. The Bertz CT molecular complexity index is 946. The Morgan fingerprint density at radius 3 is 2.31 bits per heavy atom. The third kappa shape index (κ3) is 4.17. The van der Waals surface area contributed by atoms with Gasteiger partial charge in [0.05, 0.1) is 5.02 Å². The summed E-state index contributed by atoms with van der Waals surface area (Å²) in [5.41, 5.74) is 2.21. The van der Waals surface area contributed by atoms with Gasteiger partial charge >= 0.3 is 0 Å². The molecule has 2 aliphatic rings. The standard InChI is InChI=1S/C22H23ClN2O4/c1-15-4-2-5-16(12-15)21(26)24-6-3-7-25(9-8-24)22(27)17-13-18(23)20-19(14-17)28-10-11-29-20/h2,4-5,12-14H,3,6-11H2,1H3. The van der Waals surface area contributed by atoms with E-state index in [0.717, 1.165) is 12.0 Å². The maximum Gasteiger partial charge on any atom is 0.254 e. The molecular weight excluding hydrogens is 392 g/mol. The summed E-state index contributed by atoms with van der Waals surface area (Å²) in [6, 6.07) is 10.9. The van der Waals surface area contributed by atoms with Gasteiger partial charge in [0.25, 0.3) is 11.8 Å². The van der Waals surface area contributed by atoms with E-state index in [1.165, 1.54) is 0 Å². The second kappa shape index (κ2) is 8.33. The minimum atomic E-state index is -0.117. The van der Waals surface area contributed by atoms with Gasteiger partial charge in [-0.1, -0.05) is 29.3 Å². The molecule has 0 unspecified atom stereocenters. The number of ether oxygens (including phenoxy) is 2. The zero-order chi connectivity index (χ0) is 20.4. The molecule has 6 nitrogen and oxygen atoms in total. The van der Waals surface area contributed by atoms with Gasteiger partial charge in [-0.3, -0.25) is 9.59 Å². The van der Waals surface area contributed by atoms with Gasteiger partial charge in [-0.25, -0.2) is 0 Å². The van der Waals surface area contributed by atoms with Crippen LogP contribution in [0, 0.1) is 6.92 Å². The van der Waals surface area contributed by atoms with E-state index in [9.17, 15) is 9.59 Å². The highest BCUT2D eigenvalue weighted by Gasteiger charge is 2.26. The van der Waals surface area contributed by atoms with E-state index in [-0.39, 0.29) is 11.8 Å². The molecule has 1 saturated heterocycles. The van der Waals surface area contributed by atoms with E-state index in [0.29, 0.717) is 67.0 Å². The summed E-state index contributed by atoms with van der Waals surface area (Å²) in [7, 11) is 0. The second-order valence-electron chi connectivity index (χ2n) is 7.29. The zero-order valence-electron chi connectivity index (χ0n) is 16.3. The minimum Gasteiger partial charge on any atom is -0.486 e. The third-order valence-electron chi connectivity index (χ3n) is 5.18. The summed E-state index contributed by atoms with van der Waals surface area (Å²) < 4.78 is 11.1. The van der Waals surface area contributed by atoms with Crippen molar-refractivity contribution in [2.75, 3.05) is 39.4 Å². The lowest BCUT2D eigenvalue weighted by Gasteiger charge is -2.24. The number of carbonyl (C=O) groups is 2. The van der Waals surface area contributed by atoms with Crippen molar-refractivity contribution in [1.29, 1.82) is 0 Å². The smallest absolute Gasteiger partial charge is 0.254 e. The number of hydrogen-bond donors (Lipinski definition) is 0. The quantitative estimate of drug-likeness (QED) is 0.755. The maximum atomic E-state index is 13.0. The molecule has 2 aliphatic heterocycles. The molecule has 7 heteroatoms. The lowest BCUT2D eigenvalue weighted by atomic mass is 10.1. The van der Waals surface area contributed by atoms with Crippen LogP contribution >= 0.6 is 11.6 Å². The number of aryl methyl sites for hydroxylation is 1. The predicted molar refractivity (Wildman–Crippen MR) is 110 cm³/mol. The molecular formula is C22H23ClN2O4. The van der Waals surface area contributed by atoms with E-state index < -0.39 is 0 Å². The summed E-state index contributed by atoms with van der Waals surface area (Å²) in [6.45, 7) is 5.02. The van der Waals surface area contributed by atoms with Crippen molar-refractivity contribution in [1.82, 2.24) is 9.80 Å². The molecule has 29 heavy (non-hydrogen) atoms. The van der Waals surface area contributed by atoms with E-state index in [4.69, 9.17) is 21.1 Å². The fraction of sp³-hybridized carbons (Fsp3) is 0.364. The first-order valence-electron chi connectivity index (χ1n) is 9.77. The summed E-state index contributed by atoms with van der Waals surface area (Å²) >= 11 is 6.28. The Morgan fingerprint density at radius 1 is 0.897 bits per heavy atom. The third-order valence-corrected chi connectivity index (χ3v) is 5.46. The lowest BCUT2D eigenvalue weighted by Crippen LogP contribution is -2.37. The molecule has 0 spiro atoms. The topological polar surface area (TPSA) is 59.1 Å². The number of nitrogens with zero attached hydrogens (tertiary/aromatic N) is 2. The number of carbonyl (C=O) groups excluding carboxylic acids is 2. The van der Waals surface area contributed by atoms with Crippen LogP contribution in [0.3, 0.4) is 0 Å². The molecule has 0 aromatic heterocycles. The Kier molecular flexibility index (Phi) is 5.62. The molecule has 2 aromatic rings. The first kappa shape index (κ1) is 19.6. The second-order valence-corrected chi connectivity index (χ2v) is 7.70. The van der Waals surface area contributed by atoms with Gasteiger partial charge in [0.1, 0.15) is 13.2 Å². The highest BCUT2D eigenvalue weighted by Crippen LogP contribution is 2.38. The number of halogens is 1. The molecule has 0 bridgehead atoms. The number of benzene rings is 2. The first-order valence-corrected chi connectivity index (χ1v) is 10.1. The number of hydrogen-bond acceptors (Lipinski definition) is 4. The molecule has 0 radical (unpaired) electrons. The molecule has 0 N–H and O–H groups in total. The highest BCUT2D eigenvalue weighted by molar-refractivity contribution is 6.32. The maximum absolute atomic E-state index is 13.0. The predicted octanol–water partition coefficient (Wildman–Crippen LogP) is 3.41. The van der Waals surface area contributed by atoms with Crippen molar-refractivity contribution < 1.29 is 19.1 Å². The SMILES string of the molecule is Cc1cccc(C(=O)N2CCCN(C(=O)c3cc(Cl)c4c(c3)OCCO4)CC2)c1. The average Bonchev–Trinajstić information content (AvgIpc) is 2.99. The Labute approximate surface area is 174 Å². The van der Waals surface area contributed by atoms with Crippen molar-refractivity contribution in [2.45, 2.75) is 13.3 Å². The fourth-order valence-electron chi connectivity index (χ4n) is 3.70. The zero-order valence-corrected chi connectivity index (χ0v) is 17.1. The first-order chi connectivity index (χ1) is 14.0. The molecule has 0 aliphatic carbocycles. The monoisotopic (exact) mass is 414 g/mol. The molecule has 2 aromatic carbocycles. The van der Waals surface area contributed by atoms with Crippen molar-refractivity contribution in [3.63, 3.8) is 0 Å². The van der Waals surface area contributed by atoms with Crippen LogP contribution in [0.1, 0.15) is 32.7 Å². The van der Waals surface area contributed by atoms with Crippen LogP contribution in [0.15, 0.2) is 36.4 Å². The lowest BCUT2D eigenvalue weighted by molar-refractivity contribution is 0.0718. The van der Waals surface area contributed by atoms with Crippen LogP contribution in [0.5, 0.6) is 11.5 Å². The molecule has 0 atom stereocenters. The van der Waals surface area contributed by atoms with Crippen LogP contribution in [-0.4, -0.2) is 61.0 Å². The van der Waals surface area contributed by atoms with Gasteiger partial charge in [-0.05, 0) is 37.6 Å². The van der Waals surface area contributed by atoms with Gasteiger partial charge in [-0.2, -0.15) is 0 Å². The van der Waals surface area contributed by atoms with Crippen molar-refractivity contribution >= 4 is 23.4 Å². The summed E-state index contributed by atoms with van der Waals surface area (Å²) in [4.78, 5) is 29.5. The average molecular weight is 415 g/mol. The number of amides is 2. The van der Waals surface area contributed by atoms with E-state index in [2.05, 4.69) is 0 Å². The normalized spacial score (nSPS) is 16.3. The summed E-state index contributed by atoms with van der Waals surface area (Å²) in [5.74, 6) is 0.873. The van der Waals surface area contributed by atoms with E-state index in [1.807, 2.05) is 36.1 Å². The van der Waals surface area contributed by atoms with E-state index >= 15 is 0 Å². The van der Waals surface area contributed by atoms with Gasteiger partial charge in [0.2, 0.25) is 0 Å². The van der Waals surface area contributed by atoms with Gasteiger partial charge in [0.15, 0.2) is 11.5 Å². The highest BCUT2D eigenvalue weighted by atomic mass is 35.5. The Morgan fingerprint density at radius 2 is 1.59 bits per heavy atom. The molecule has 2 heterocycles. The number of fused-ring (bicyclic) bond motifs is 1. The molecule has 2 amide bonds. The van der Waals surface area contributed by atoms with Crippen LogP contribution in [0.25, 0.3) is 0 Å². The number of rotatable bonds is 2. The van der Waals surface area contributed by atoms with Crippen molar-refractivity contribution in [3.05, 3.63) is 58.1 Å². The molecule has 1 fully saturated rings. The van der Waals surface area contributed by atoms with Crippen LogP contribution in [0.2, 0.25) is 5.02 Å². The molecule has 0 saturated carbocycles. The minimum absolute atomic E-state index is 0.00497. The van der Waals surface area contributed by atoms with Crippen LogP contribution in [0.4, 0.5) is 0 Å². The van der Waals surface area contributed by atoms with Gasteiger partial charge in [0, 0.05) is 37.3 Å². The van der Waals surface area contributed by atoms with E-state index in [1.54, 1.807) is 17.0 Å². The largest absolute Gasteiger partial charge is 0.486 e. The molecule has 4 rings (SSSR count). The Balaban J connectivity index is 1.46.